The van der Waals surface area contributed by atoms with Crippen molar-refractivity contribution in [2.24, 2.45) is 0 Å². The van der Waals surface area contributed by atoms with Crippen LogP contribution in [-0.4, -0.2) is 20.1 Å². The molecule has 0 unspecified atom stereocenters. The molecule has 0 atom stereocenters. The molecule has 0 N–H and O–H groups in total. The van der Waals surface area contributed by atoms with Gasteiger partial charge in [0.05, 0.1) is 4.92 Å². The van der Waals surface area contributed by atoms with Crippen LogP contribution in [0.1, 0.15) is 0 Å². The summed E-state index contributed by atoms with van der Waals surface area (Å²) < 4.78 is 18.5. The summed E-state index contributed by atoms with van der Waals surface area (Å²) in [5.74, 6) is -1.96. The third kappa shape index (κ3) is 2.85. The number of ether oxygens (including phenoxy) is 1. The smallest absolute Gasteiger partial charge is 0.314 e. The number of para-hydroxylation sites is 1. The van der Waals surface area contributed by atoms with E-state index in [1.807, 2.05) is 0 Å². The zero-order valence-corrected chi connectivity index (χ0v) is 10.4. The highest BCUT2D eigenvalue weighted by Crippen LogP contribution is 2.35. The van der Waals surface area contributed by atoms with Crippen LogP contribution >= 0.6 is 23.2 Å². The first kappa shape index (κ1) is 13.4. The Balaban J connectivity index is 2.49. The first-order chi connectivity index (χ1) is 8.99. The molecule has 0 saturated carbocycles. The number of rotatable bonds is 3. The van der Waals surface area contributed by atoms with Crippen molar-refractivity contribution in [3.8, 4) is 11.6 Å². The molecular formula is C9H3Cl2FN4O3. The van der Waals surface area contributed by atoms with Crippen LogP contribution in [0.25, 0.3) is 0 Å². The molecule has 0 aliphatic heterocycles. The third-order valence-corrected chi connectivity index (χ3v) is 2.33. The lowest BCUT2D eigenvalue weighted by molar-refractivity contribution is -0.385. The van der Waals surface area contributed by atoms with E-state index in [-0.39, 0.29) is 16.3 Å². The van der Waals surface area contributed by atoms with Gasteiger partial charge in [-0.2, -0.15) is 4.98 Å². The van der Waals surface area contributed by atoms with Gasteiger partial charge in [0.15, 0.2) is 5.82 Å². The number of nitro groups is 1. The second kappa shape index (κ2) is 5.29. The largest absolute Gasteiger partial charge is 0.426 e. The number of nitro benzene ring substituents is 1. The Bertz CT molecular complexity index is 655. The molecule has 0 spiro atoms. The Morgan fingerprint density at radius 1 is 1.32 bits per heavy atom. The minimum Gasteiger partial charge on any atom is -0.426 e. The van der Waals surface area contributed by atoms with Crippen LogP contribution in [0.2, 0.25) is 10.4 Å². The van der Waals surface area contributed by atoms with Crippen LogP contribution in [0.4, 0.5) is 10.1 Å². The SMILES string of the molecule is O=[N+]([O-])c1cccc(F)c1Oc1nc(Cl)nnc1Cl. The van der Waals surface area contributed by atoms with Gasteiger partial charge >= 0.3 is 5.69 Å². The number of aromatic nitrogens is 3. The van der Waals surface area contributed by atoms with Crippen LogP contribution in [0.15, 0.2) is 18.2 Å². The summed E-state index contributed by atoms with van der Waals surface area (Å²) in [5.41, 5.74) is -0.578. The molecule has 1 heterocycles. The number of hydrogen-bond donors (Lipinski definition) is 0. The third-order valence-electron chi connectivity index (χ3n) is 1.93. The molecule has 0 bridgehead atoms. The zero-order valence-electron chi connectivity index (χ0n) is 8.88. The van der Waals surface area contributed by atoms with Crippen molar-refractivity contribution in [2.45, 2.75) is 0 Å². The van der Waals surface area contributed by atoms with E-state index in [4.69, 9.17) is 27.9 Å². The molecular weight excluding hydrogens is 302 g/mol. The van der Waals surface area contributed by atoms with Gasteiger partial charge in [-0.25, -0.2) is 4.39 Å². The van der Waals surface area contributed by atoms with Gasteiger partial charge in [0.25, 0.3) is 5.88 Å². The molecule has 2 rings (SSSR count). The Morgan fingerprint density at radius 2 is 2.05 bits per heavy atom. The topological polar surface area (TPSA) is 91.0 Å². The molecule has 0 amide bonds. The molecule has 2 aromatic rings. The highest BCUT2D eigenvalue weighted by molar-refractivity contribution is 6.31. The van der Waals surface area contributed by atoms with Gasteiger partial charge in [0, 0.05) is 6.07 Å². The summed E-state index contributed by atoms with van der Waals surface area (Å²) >= 11 is 11.1. The highest BCUT2D eigenvalue weighted by Gasteiger charge is 2.22. The van der Waals surface area contributed by atoms with Gasteiger partial charge in [-0.15, -0.1) is 10.2 Å². The summed E-state index contributed by atoms with van der Waals surface area (Å²) in [7, 11) is 0. The molecule has 0 fully saturated rings. The van der Waals surface area contributed by atoms with Crippen molar-refractivity contribution in [3.05, 3.63) is 44.6 Å². The van der Waals surface area contributed by atoms with Crippen molar-refractivity contribution >= 4 is 28.9 Å². The van der Waals surface area contributed by atoms with E-state index in [0.717, 1.165) is 12.1 Å². The van der Waals surface area contributed by atoms with E-state index in [0.29, 0.717) is 0 Å². The second-order valence-electron chi connectivity index (χ2n) is 3.12. The van der Waals surface area contributed by atoms with Crippen LogP contribution in [0.3, 0.4) is 0 Å². The maximum atomic E-state index is 13.6. The quantitative estimate of drug-likeness (QED) is 0.639. The lowest BCUT2D eigenvalue weighted by atomic mass is 10.3. The summed E-state index contributed by atoms with van der Waals surface area (Å²) in [6, 6.07) is 3.24. The van der Waals surface area contributed by atoms with Gasteiger partial charge in [0.2, 0.25) is 16.2 Å². The number of halogens is 3. The Labute approximate surface area is 115 Å². The molecule has 0 radical (unpaired) electrons. The second-order valence-corrected chi connectivity index (χ2v) is 3.82. The van der Waals surface area contributed by atoms with E-state index in [1.165, 1.54) is 6.07 Å². The van der Waals surface area contributed by atoms with E-state index in [9.17, 15) is 14.5 Å². The van der Waals surface area contributed by atoms with E-state index in [2.05, 4.69) is 15.2 Å². The van der Waals surface area contributed by atoms with Gasteiger partial charge in [-0.05, 0) is 17.7 Å². The minimum atomic E-state index is -0.944. The molecule has 10 heteroatoms. The Morgan fingerprint density at radius 3 is 2.74 bits per heavy atom. The normalized spacial score (nSPS) is 10.3. The molecule has 1 aromatic heterocycles. The Kier molecular flexibility index (Phi) is 3.72. The molecule has 0 saturated heterocycles. The van der Waals surface area contributed by atoms with Crippen molar-refractivity contribution < 1.29 is 14.1 Å². The maximum absolute atomic E-state index is 13.6. The van der Waals surface area contributed by atoms with Gasteiger partial charge < -0.3 is 4.74 Å². The van der Waals surface area contributed by atoms with Crippen molar-refractivity contribution in [3.63, 3.8) is 0 Å². The molecule has 0 aliphatic carbocycles. The first-order valence-electron chi connectivity index (χ1n) is 4.65. The molecule has 98 valence electrons. The molecule has 0 aliphatic rings. The summed E-state index contributed by atoms with van der Waals surface area (Å²) in [5, 5.41) is 16.9. The number of hydrogen-bond acceptors (Lipinski definition) is 6. The number of benzene rings is 1. The average Bonchev–Trinajstić information content (AvgIpc) is 2.35. The van der Waals surface area contributed by atoms with Gasteiger partial charge in [-0.3, -0.25) is 10.1 Å². The van der Waals surface area contributed by atoms with Gasteiger partial charge in [0.1, 0.15) is 0 Å². The number of nitrogens with zero attached hydrogens (tertiary/aromatic N) is 4. The van der Waals surface area contributed by atoms with Crippen molar-refractivity contribution in [1.29, 1.82) is 0 Å². The minimum absolute atomic E-state index is 0.293. The predicted octanol–water partition coefficient (Wildman–Crippen LogP) is 3.02. The lowest BCUT2D eigenvalue weighted by Gasteiger charge is -2.06. The standard InChI is InChI=1S/C9H3Cl2FN4O3/c10-7-8(13-9(11)15-14-7)19-6-4(12)2-1-3-5(6)16(17)18/h1-3H. The van der Waals surface area contributed by atoms with Crippen LogP contribution < -0.4 is 4.74 Å². The van der Waals surface area contributed by atoms with E-state index < -0.39 is 22.2 Å². The maximum Gasteiger partial charge on any atom is 0.314 e. The van der Waals surface area contributed by atoms with Gasteiger partial charge in [-0.1, -0.05) is 17.7 Å². The Hall–Kier alpha value is -2.06. The summed E-state index contributed by atoms with van der Waals surface area (Å²) in [6.07, 6.45) is 0. The zero-order chi connectivity index (χ0) is 14.0. The average molecular weight is 305 g/mol. The fraction of sp³-hybridized carbons (Fsp3) is 0. The first-order valence-corrected chi connectivity index (χ1v) is 5.41. The lowest BCUT2D eigenvalue weighted by Crippen LogP contribution is -1.99. The molecule has 7 nitrogen and oxygen atoms in total. The van der Waals surface area contributed by atoms with E-state index in [1.54, 1.807) is 0 Å². The summed E-state index contributed by atoms with van der Waals surface area (Å²) in [4.78, 5) is 13.5. The molecule has 19 heavy (non-hydrogen) atoms. The highest BCUT2D eigenvalue weighted by atomic mass is 35.5. The fourth-order valence-electron chi connectivity index (χ4n) is 1.18. The van der Waals surface area contributed by atoms with Crippen molar-refractivity contribution in [1.82, 2.24) is 15.2 Å². The predicted molar refractivity (Wildman–Crippen MR) is 63.0 cm³/mol. The molecule has 1 aromatic carbocycles. The fourth-order valence-corrected chi connectivity index (χ4v) is 1.42. The summed E-state index contributed by atoms with van der Waals surface area (Å²) in [6.45, 7) is 0. The van der Waals surface area contributed by atoms with Crippen molar-refractivity contribution in [2.75, 3.05) is 0 Å². The van der Waals surface area contributed by atoms with E-state index >= 15 is 0 Å². The van der Waals surface area contributed by atoms with Crippen LogP contribution in [0.5, 0.6) is 11.6 Å². The van der Waals surface area contributed by atoms with Crippen LogP contribution in [0, 0.1) is 15.9 Å². The van der Waals surface area contributed by atoms with Crippen LogP contribution in [-0.2, 0) is 0 Å². The monoisotopic (exact) mass is 304 g/mol.